The van der Waals surface area contributed by atoms with E-state index in [2.05, 4.69) is 5.32 Å². The molecule has 0 heterocycles. The van der Waals surface area contributed by atoms with E-state index in [-0.39, 0.29) is 17.9 Å². The van der Waals surface area contributed by atoms with Gasteiger partial charge in [-0.05, 0) is 34.4 Å². The van der Waals surface area contributed by atoms with Crippen LogP contribution in [0.1, 0.15) is 21.5 Å². The first-order chi connectivity index (χ1) is 12.6. The van der Waals surface area contributed by atoms with E-state index < -0.39 is 5.97 Å². The third-order valence-corrected chi connectivity index (χ3v) is 4.09. The van der Waals surface area contributed by atoms with Crippen LogP contribution in [0, 0.1) is 0 Å². The second-order valence-corrected chi connectivity index (χ2v) is 6.02. The topological polar surface area (TPSA) is 66.4 Å². The van der Waals surface area contributed by atoms with Crippen molar-refractivity contribution in [3.8, 4) is 11.1 Å². The van der Waals surface area contributed by atoms with Crippen LogP contribution in [0.2, 0.25) is 0 Å². The number of hydrogen-bond acceptors (Lipinski definition) is 2. The molecule has 0 aliphatic heterocycles. The number of carboxylic acids is 1. The summed E-state index contributed by atoms with van der Waals surface area (Å²) in [4.78, 5) is 23.1. The molecule has 0 saturated heterocycles. The van der Waals surface area contributed by atoms with Gasteiger partial charge < -0.3 is 10.4 Å². The van der Waals surface area contributed by atoms with Gasteiger partial charge in [0.2, 0.25) is 5.91 Å². The number of carbonyl (C=O) groups excluding carboxylic acids is 1. The summed E-state index contributed by atoms with van der Waals surface area (Å²) in [7, 11) is 0. The van der Waals surface area contributed by atoms with Gasteiger partial charge in [0.25, 0.3) is 0 Å². The van der Waals surface area contributed by atoms with Crippen LogP contribution in [0.15, 0.2) is 78.9 Å². The maximum absolute atomic E-state index is 12.1. The Bertz CT molecular complexity index is 902. The standard InChI is InChI=1S/C22H19NO3/c24-21(23-15-17-5-4-8-20(13-17)22(25)26)14-16-9-11-19(12-10-16)18-6-2-1-3-7-18/h1-13H,14-15H2,(H,23,24)(H,25,26). The lowest BCUT2D eigenvalue weighted by Crippen LogP contribution is -2.24. The van der Waals surface area contributed by atoms with Crippen molar-refractivity contribution in [1.82, 2.24) is 5.32 Å². The minimum atomic E-state index is -0.975. The van der Waals surface area contributed by atoms with Gasteiger partial charge in [-0.15, -0.1) is 0 Å². The summed E-state index contributed by atoms with van der Waals surface area (Å²) in [6, 6.07) is 24.6. The number of nitrogens with one attached hydrogen (secondary N) is 1. The normalized spacial score (nSPS) is 10.3. The van der Waals surface area contributed by atoms with E-state index in [1.807, 2.05) is 54.6 Å². The molecule has 3 rings (SSSR count). The van der Waals surface area contributed by atoms with Crippen LogP contribution in [-0.4, -0.2) is 17.0 Å². The molecule has 0 atom stereocenters. The Morgan fingerprint density at radius 3 is 2.15 bits per heavy atom. The minimum absolute atomic E-state index is 0.0989. The fourth-order valence-electron chi connectivity index (χ4n) is 2.71. The number of benzene rings is 3. The molecule has 0 radical (unpaired) electrons. The third-order valence-electron chi connectivity index (χ3n) is 4.09. The second kappa shape index (κ2) is 8.12. The van der Waals surface area contributed by atoms with E-state index in [0.717, 1.165) is 22.3 Å². The molecule has 3 aromatic carbocycles. The zero-order chi connectivity index (χ0) is 18.4. The molecule has 2 N–H and O–H groups in total. The molecule has 130 valence electrons. The van der Waals surface area contributed by atoms with Gasteiger partial charge in [0.1, 0.15) is 0 Å². The molecule has 0 unspecified atom stereocenters. The van der Waals surface area contributed by atoms with Gasteiger partial charge >= 0.3 is 5.97 Å². The van der Waals surface area contributed by atoms with Gasteiger partial charge in [0, 0.05) is 6.54 Å². The molecule has 0 bridgehead atoms. The molecular formula is C22H19NO3. The lowest BCUT2D eigenvalue weighted by atomic mass is 10.0. The zero-order valence-electron chi connectivity index (χ0n) is 14.2. The number of carboxylic acid groups (broad SMARTS) is 1. The lowest BCUT2D eigenvalue weighted by molar-refractivity contribution is -0.120. The average molecular weight is 345 g/mol. The molecule has 4 heteroatoms. The van der Waals surface area contributed by atoms with Crippen LogP contribution in [0.5, 0.6) is 0 Å². The highest BCUT2D eigenvalue weighted by atomic mass is 16.4. The number of rotatable bonds is 6. The average Bonchev–Trinajstić information content (AvgIpc) is 2.68. The largest absolute Gasteiger partial charge is 0.478 e. The Hall–Kier alpha value is -3.40. The predicted octanol–water partition coefficient (Wildman–Crippen LogP) is 3.91. The summed E-state index contributed by atoms with van der Waals surface area (Å²) in [5.74, 6) is -1.07. The Balaban J connectivity index is 1.57. The summed E-state index contributed by atoms with van der Waals surface area (Å²) in [6.45, 7) is 0.308. The van der Waals surface area contributed by atoms with Crippen LogP contribution in [0.4, 0.5) is 0 Å². The first-order valence-corrected chi connectivity index (χ1v) is 8.35. The lowest BCUT2D eigenvalue weighted by Gasteiger charge is -2.07. The van der Waals surface area contributed by atoms with Gasteiger partial charge in [-0.25, -0.2) is 4.79 Å². The number of amides is 1. The predicted molar refractivity (Wildman–Crippen MR) is 101 cm³/mol. The Morgan fingerprint density at radius 2 is 1.46 bits per heavy atom. The maximum Gasteiger partial charge on any atom is 0.335 e. The Labute approximate surface area is 152 Å². The summed E-state index contributed by atoms with van der Waals surface area (Å²) < 4.78 is 0. The van der Waals surface area contributed by atoms with Crippen molar-refractivity contribution in [2.24, 2.45) is 0 Å². The van der Waals surface area contributed by atoms with Crippen molar-refractivity contribution in [2.45, 2.75) is 13.0 Å². The fourth-order valence-corrected chi connectivity index (χ4v) is 2.71. The highest BCUT2D eigenvalue weighted by Gasteiger charge is 2.06. The number of aromatic carboxylic acids is 1. The summed E-state index contributed by atoms with van der Waals surface area (Å²) in [5, 5.41) is 11.8. The zero-order valence-corrected chi connectivity index (χ0v) is 14.2. The molecule has 26 heavy (non-hydrogen) atoms. The molecule has 0 saturated carbocycles. The van der Waals surface area contributed by atoms with Crippen molar-refractivity contribution in [3.05, 3.63) is 95.6 Å². The minimum Gasteiger partial charge on any atom is -0.478 e. The third kappa shape index (κ3) is 4.57. The van der Waals surface area contributed by atoms with Crippen molar-refractivity contribution in [1.29, 1.82) is 0 Å². The summed E-state index contributed by atoms with van der Waals surface area (Å²) >= 11 is 0. The van der Waals surface area contributed by atoms with Gasteiger partial charge in [-0.1, -0.05) is 66.7 Å². The van der Waals surface area contributed by atoms with E-state index in [1.165, 1.54) is 6.07 Å². The number of hydrogen-bond donors (Lipinski definition) is 2. The Kier molecular flexibility index (Phi) is 5.44. The van der Waals surface area contributed by atoms with E-state index in [9.17, 15) is 9.59 Å². The number of carbonyl (C=O) groups is 2. The van der Waals surface area contributed by atoms with Crippen LogP contribution in [-0.2, 0) is 17.8 Å². The van der Waals surface area contributed by atoms with Crippen LogP contribution in [0.25, 0.3) is 11.1 Å². The molecule has 4 nitrogen and oxygen atoms in total. The second-order valence-electron chi connectivity index (χ2n) is 6.02. The first kappa shape index (κ1) is 17.4. The molecule has 0 aromatic heterocycles. The van der Waals surface area contributed by atoms with Crippen molar-refractivity contribution >= 4 is 11.9 Å². The van der Waals surface area contributed by atoms with Crippen LogP contribution < -0.4 is 5.32 Å². The van der Waals surface area contributed by atoms with Crippen molar-refractivity contribution < 1.29 is 14.7 Å². The smallest absolute Gasteiger partial charge is 0.335 e. The van der Waals surface area contributed by atoms with E-state index in [0.29, 0.717) is 6.54 Å². The molecule has 0 spiro atoms. The Morgan fingerprint density at radius 1 is 0.769 bits per heavy atom. The molecular weight excluding hydrogens is 326 g/mol. The summed E-state index contributed by atoms with van der Waals surface area (Å²) in [6.07, 6.45) is 0.285. The molecule has 0 aliphatic rings. The maximum atomic E-state index is 12.1. The van der Waals surface area contributed by atoms with Crippen LogP contribution >= 0.6 is 0 Å². The molecule has 3 aromatic rings. The monoisotopic (exact) mass is 345 g/mol. The first-order valence-electron chi connectivity index (χ1n) is 8.35. The van der Waals surface area contributed by atoms with E-state index in [4.69, 9.17) is 5.11 Å². The van der Waals surface area contributed by atoms with Crippen LogP contribution in [0.3, 0.4) is 0 Å². The molecule has 0 fully saturated rings. The molecule has 1 amide bonds. The molecule has 0 aliphatic carbocycles. The highest BCUT2D eigenvalue weighted by molar-refractivity contribution is 5.87. The van der Waals surface area contributed by atoms with Crippen molar-refractivity contribution in [3.63, 3.8) is 0 Å². The van der Waals surface area contributed by atoms with E-state index in [1.54, 1.807) is 18.2 Å². The fraction of sp³-hybridized carbons (Fsp3) is 0.0909. The van der Waals surface area contributed by atoms with Gasteiger partial charge in [-0.2, -0.15) is 0 Å². The van der Waals surface area contributed by atoms with E-state index >= 15 is 0 Å². The van der Waals surface area contributed by atoms with Gasteiger partial charge in [0.05, 0.1) is 12.0 Å². The SMILES string of the molecule is O=C(Cc1ccc(-c2ccccc2)cc1)NCc1cccc(C(=O)O)c1. The highest BCUT2D eigenvalue weighted by Crippen LogP contribution is 2.19. The summed E-state index contributed by atoms with van der Waals surface area (Å²) in [5.41, 5.74) is 4.16. The van der Waals surface area contributed by atoms with Gasteiger partial charge in [-0.3, -0.25) is 4.79 Å². The van der Waals surface area contributed by atoms with Gasteiger partial charge in [0.15, 0.2) is 0 Å². The van der Waals surface area contributed by atoms with Crippen molar-refractivity contribution in [2.75, 3.05) is 0 Å². The quantitative estimate of drug-likeness (QED) is 0.712.